The molecule has 0 saturated carbocycles. The van der Waals surface area contributed by atoms with Crippen molar-refractivity contribution in [2.75, 3.05) is 11.5 Å². The van der Waals surface area contributed by atoms with Gasteiger partial charge in [0.2, 0.25) is 0 Å². The zero-order valence-electron chi connectivity index (χ0n) is 9.22. The summed E-state index contributed by atoms with van der Waals surface area (Å²) in [6.45, 7) is 0. The van der Waals surface area contributed by atoms with Crippen LogP contribution in [0.3, 0.4) is 0 Å². The van der Waals surface area contributed by atoms with Crippen LogP contribution in [0.4, 0.5) is 0 Å². The topological polar surface area (TPSA) is 63.2 Å². The van der Waals surface area contributed by atoms with Gasteiger partial charge in [-0.25, -0.2) is 8.42 Å². The van der Waals surface area contributed by atoms with Crippen LogP contribution in [0.15, 0.2) is 30.3 Å². The molecule has 2 bridgehead atoms. The SMILES string of the molecule is O=C(c1ccccc1)C12CC(CS(=O)(=O)C1)N2. The van der Waals surface area contributed by atoms with Crippen molar-refractivity contribution < 1.29 is 13.2 Å². The van der Waals surface area contributed by atoms with E-state index in [0.717, 1.165) is 0 Å². The molecular weight excluding hydrogens is 238 g/mol. The molecule has 4 rings (SSSR count). The Labute approximate surface area is 99.9 Å². The summed E-state index contributed by atoms with van der Waals surface area (Å²) >= 11 is 0. The predicted octanol–water partition coefficient (Wildman–Crippen LogP) is 0.398. The first kappa shape index (κ1) is 10.9. The lowest BCUT2D eigenvalue weighted by Crippen LogP contribution is -2.76. The number of rotatable bonds is 2. The number of carbonyl (C=O) groups is 1. The summed E-state index contributed by atoms with van der Waals surface area (Å²) < 4.78 is 23.3. The van der Waals surface area contributed by atoms with Crippen LogP contribution in [0.5, 0.6) is 0 Å². The molecule has 90 valence electrons. The number of hydrogen-bond acceptors (Lipinski definition) is 4. The van der Waals surface area contributed by atoms with Gasteiger partial charge in [0.1, 0.15) is 0 Å². The van der Waals surface area contributed by atoms with Gasteiger partial charge in [0.15, 0.2) is 15.6 Å². The van der Waals surface area contributed by atoms with Crippen molar-refractivity contribution in [2.24, 2.45) is 0 Å². The highest BCUT2D eigenvalue weighted by molar-refractivity contribution is 7.91. The van der Waals surface area contributed by atoms with Crippen LogP contribution in [-0.2, 0) is 9.84 Å². The highest BCUT2D eigenvalue weighted by atomic mass is 32.2. The average molecular weight is 251 g/mol. The molecule has 1 N–H and O–H groups in total. The molecule has 3 aliphatic rings. The monoisotopic (exact) mass is 251 g/mol. The molecule has 0 aliphatic carbocycles. The lowest BCUT2D eigenvalue weighted by atomic mass is 9.77. The first-order chi connectivity index (χ1) is 8.01. The summed E-state index contributed by atoms with van der Waals surface area (Å²) in [5, 5.41) is 3.12. The maximum absolute atomic E-state index is 12.3. The van der Waals surface area contributed by atoms with Crippen LogP contribution >= 0.6 is 0 Å². The molecule has 3 aliphatic heterocycles. The Morgan fingerprint density at radius 1 is 1.29 bits per heavy atom. The first-order valence-electron chi connectivity index (χ1n) is 5.59. The highest BCUT2D eigenvalue weighted by Gasteiger charge is 2.57. The second-order valence-corrected chi connectivity index (χ2v) is 6.99. The van der Waals surface area contributed by atoms with Crippen molar-refractivity contribution in [3.05, 3.63) is 35.9 Å². The summed E-state index contributed by atoms with van der Waals surface area (Å²) in [4.78, 5) is 12.3. The van der Waals surface area contributed by atoms with E-state index in [-0.39, 0.29) is 23.3 Å². The third kappa shape index (κ3) is 1.70. The molecule has 3 heterocycles. The number of benzene rings is 1. The van der Waals surface area contributed by atoms with Crippen molar-refractivity contribution in [3.8, 4) is 0 Å². The second kappa shape index (κ2) is 3.40. The van der Waals surface area contributed by atoms with Gasteiger partial charge >= 0.3 is 0 Å². The third-order valence-corrected chi connectivity index (χ3v) is 5.31. The molecule has 1 aromatic carbocycles. The molecule has 5 heteroatoms. The van der Waals surface area contributed by atoms with Gasteiger partial charge in [0.05, 0.1) is 17.0 Å². The van der Waals surface area contributed by atoms with Gasteiger partial charge in [-0.3, -0.25) is 10.1 Å². The number of fused-ring (bicyclic) bond motifs is 2. The van der Waals surface area contributed by atoms with E-state index in [9.17, 15) is 13.2 Å². The van der Waals surface area contributed by atoms with Gasteiger partial charge in [-0.15, -0.1) is 0 Å². The van der Waals surface area contributed by atoms with Crippen LogP contribution in [0, 0.1) is 0 Å². The highest BCUT2D eigenvalue weighted by Crippen LogP contribution is 2.35. The third-order valence-electron chi connectivity index (χ3n) is 3.47. The molecule has 1 aromatic rings. The number of carbonyl (C=O) groups excluding carboxylic acids is 1. The van der Waals surface area contributed by atoms with Crippen molar-refractivity contribution in [3.63, 3.8) is 0 Å². The number of sulfone groups is 1. The van der Waals surface area contributed by atoms with Gasteiger partial charge in [-0.2, -0.15) is 0 Å². The minimum Gasteiger partial charge on any atom is -0.300 e. The van der Waals surface area contributed by atoms with Crippen molar-refractivity contribution >= 4 is 15.6 Å². The summed E-state index contributed by atoms with van der Waals surface area (Å²) in [5.41, 5.74) is -0.279. The zero-order valence-corrected chi connectivity index (χ0v) is 10.0. The van der Waals surface area contributed by atoms with Crippen LogP contribution in [0.2, 0.25) is 0 Å². The number of hydrogen-bond donors (Lipinski definition) is 1. The van der Waals surface area contributed by atoms with Crippen LogP contribution < -0.4 is 5.32 Å². The maximum atomic E-state index is 12.3. The van der Waals surface area contributed by atoms with Gasteiger partial charge in [-0.1, -0.05) is 30.3 Å². The Balaban J connectivity index is 1.93. The molecule has 4 nitrogen and oxygen atoms in total. The van der Waals surface area contributed by atoms with Gasteiger partial charge in [-0.05, 0) is 6.42 Å². The van der Waals surface area contributed by atoms with Crippen molar-refractivity contribution in [2.45, 2.75) is 18.0 Å². The molecular formula is C12H13NO3S. The first-order valence-corrected chi connectivity index (χ1v) is 7.41. The predicted molar refractivity (Wildman–Crippen MR) is 63.7 cm³/mol. The minimum absolute atomic E-state index is 0.0404. The molecule has 3 saturated heterocycles. The summed E-state index contributed by atoms with van der Waals surface area (Å²) in [5.74, 6) is -0.00116. The Bertz CT molecular complexity index is 559. The molecule has 2 unspecified atom stereocenters. The summed E-state index contributed by atoms with van der Waals surface area (Å²) in [6, 6.07) is 8.83. The number of nitrogens with one attached hydrogen (secondary N) is 1. The van der Waals surface area contributed by atoms with Gasteiger partial charge in [0.25, 0.3) is 0 Å². The van der Waals surface area contributed by atoms with Crippen LogP contribution in [-0.4, -0.2) is 37.3 Å². The standard InChI is InChI=1S/C12H13NO3S/c14-11(9-4-2-1-3-5-9)12-6-10(13-12)7-17(15,16)8-12/h1-5,10,13H,6-8H2. The Hall–Kier alpha value is -1.20. The zero-order chi connectivity index (χ0) is 12.1. The minimum atomic E-state index is -3.08. The quantitative estimate of drug-likeness (QED) is 0.773. The molecule has 3 fully saturated rings. The van der Waals surface area contributed by atoms with E-state index in [0.29, 0.717) is 12.0 Å². The van der Waals surface area contributed by atoms with Crippen molar-refractivity contribution in [1.82, 2.24) is 5.32 Å². The van der Waals surface area contributed by atoms with Gasteiger partial charge < -0.3 is 0 Å². The average Bonchev–Trinajstić information content (AvgIpc) is 2.25. The van der Waals surface area contributed by atoms with Gasteiger partial charge in [0, 0.05) is 11.6 Å². The summed E-state index contributed by atoms with van der Waals surface area (Å²) in [6.07, 6.45) is 0.639. The Morgan fingerprint density at radius 2 is 1.94 bits per heavy atom. The molecule has 2 atom stereocenters. The number of Topliss-reactive ketones (excluding diaryl/α,β-unsaturated/α-hetero) is 1. The molecule has 0 spiro atoms. The molecule has 0 radical (unpaired) electrons. The number of ketones is 1. The fourth-order valence-corrected chi connectivity index (χ4v) is 4.84. The molecule has 17 heavy (non-hydrogen) atoms. The summed E-state index contributed by atoms with van der Waals surface area (Å²) in [7, 11) is -3.08. The smallest absolute Gasteiger partial charge is 0.183 e. The largest absolute Gasteiger partial charge is 0.300 e. The van der Waals surface area contributed by atoms with E-state index >= 15 is 0 Å². The fraction of sp³-hybridized carbons (Fsp3) is 0.417. The molecule has 0 amide bonds. The second-order valence-electron chi connectivity index (χ2n) is 4.88. The van der Waals surface area contributed by atoms with E-state index in [4.69, 9.17) is 0 Å². The van der Waals surface area contributed by atoms with Crippen LogP contribution in [0.1, 0.15) is 16.8 Å². The van der Waals surface area contributed by atoms with E-state index in [1.54, 1.807) is 24.3 Å². The van der Waals surface area contributed by atoms with Crippen molar-refractivity contribution in [1.29, 1.82) is 0 Å². The van der Waals surface area contributed by atoms with E-state index < -0.39 is 15.4 Å². The Kier molecular flexibility index (Phi) is 2.18. The maximum Gasteiger partial charge on any atom is 0.183 e. The normalized spacial score (nSPS) is 33.8. The van der Waals surface area contributed by atoms with Crippen LogP contribution in [0.25, 0.3) is 0 Å². The van der Waals surface area contributed by atoms with E-state index in [2.05, 4.69) is 5.32 Å². The lowest BCUT2D eigenvalue weighted by molar-refractivity contribution is 0.0702. The Morgan fingerprint density at radius 3 is 2.53 bits per heavy atom. The van der Waals surface area contributed by atoms with E-state index in [1.165, 1.54) is 0 Å². The van der Waals surface area contributed by atoms with E-state index in [1.807, 2.05) is 6.07 Å². The lowest BCUT2D eigenvalue weighted by Gasteiger charge is -2.51. The fourth-order valence-electron chi connectivity index (χ4n) is 2.82. The molecule has 0 aromatic heterocycles.